The Morgan fingerprint density at radius 3 is 2.56 bits per heavy atom. The van der Waals surface area contributed by atoms with Crippen LogP contribution in [0.15, 0.2) is 11.6 Å². The van der Waals surface area contributed by atoms with Gasteiger partial charge in [0.2, 0.25) is 0 Å². The lowest BCUT2D eigenvalue weighted by atomic mass is 9.90. The van der Waals surface area contributed by atoms with Crippen molar-refractivity contribution >= 4 is 22.4 Å². The lowest BCUT2D eigenvalue weighted by molar-refractivity contribution is -0.142. The molecule has 0 amide bonds. The number of aliphatic carboxylic acids is 1. The Morgan fingerprint density at radius 1 is 1.38 bits per heavy atom. The van der Waals surface area contributed by atoms with Crippen LogP contribution < -0.4 is 5.32 Å². The average Bonchev–Trinajstić information content (AvgIpc) is 2.62. The van der Waals surface area contributed by atoms with E-state index in [0.717, 1.165) is 25.7 Å². The molecule has 1 fully saturated rings. The van der Waals surface area contributed by atoms with Crippen LogP contribution in [0.4, 0.5) is 5.13 Å². The van der Waals surface area contributed by atoms with E-state index in [4.69, 9.17) is 0 Å². The molecule has 0 spiro atoms. The number of nitrogens with one attached hydrogen (secondary N) is 1. The van der Waals surface area contributed by atoms with Crippen LogP contribution in [0.2, 0.25) is 0 Å². The predicted molar refractivity (Wildman–Crippen MR) is 63.8 cm³/mol. The van der Waals surface area contributed by atoms with E-state index in [1.807, 2.05) is 5.38 Å². The van der Waals surface area contributed by atoms with Crippen LogP contribution in [-0.4, -0.2) is 21.6 Å². The van der Waals surface area contributed by atoms with Gasteiger partial charge >= 0.3 is 5.97 Å². The molecule has 0 radical (unpaired) electrons. The molecule has 0 atom stereocenters. The highest BCUT2D eigenvalue weighted by molar-refractivity contribution is 7.13. The molecule has 1 aliphatic rings. The lowest BCUT2D eigenvalue weighted by Crippen LogP contribution is -2.45. The molecule has 88 valence electrons. The van der Waals surface area contributed by atoms with Crippen LogP contribution in [0.3, 0.4) is 0 Å². The second-order valence-electron chi connectivity index (χ2n) is 4.26. The average molecular weight is 240 g/mol. The van der Waals surface area contributed by atoms with Crippen molar-refractivity contribution in [1.82, 2.24) is 4.98 Å². The van der Waals surface area contributed by atoms with Gasteiger partial charge in [0, 0.05) is 11.6 Å². The minimum absolute atomic E-state index is 0.696. The molecule has 0 aromatic carbocycles. The number of anilines is 1. The van der Waals surface area contributed by atoms with E-state index < -0.39 is 11.5 Å². The van der Waals surface area contributed by atoms with Crippen molar-refractivity contribution in [2.75, 3.05) is 5.32 Å². The van der Waals surface area contributed by atoms with Crippen molar-refractivity contribution in [2.45, 2.75) is 44.1 Å². The quantitative estimate of drug-likeness (QED) is 0.797. The summed E-state index contributed by atoms with van der Waals surface area (Å²) in [6.45, 7) is 0. The molecule has 2 rings (SSSR count). The van der Waals surface area contributed by atoms with Gasteiger partial charge in [0.15, 0.2) is 5.13 Å². The zero-order valence-corrected chi connectivity index (χ0v) is 9.92. The summed E-state index contributed by atoms with van der Waals surface area (Å²) < 4.78 is 0. The summed E-state index contributed by atoms with van der Waals surface area (Å²) in [6.07, 6.45) is 7.31. The van der Waals surface area contributed by atoms with Crippen molar-refractivity contribution in [3.8, 4) is 0 Å². The molecule has 0 saturated heterocycles. The van der Waals surface area contributed by atoms with Crippen LogP contribution in [0.25, 0.3) is 0 Å². The number of hydrogen-bond acceptors (Lipinski definition) is 4. The van der Waals surface area contributed by atoms with Crippen molar-refractivity contribution in [3.63, 3.8) is 0 Å². The maximum atomic E-state index is 11.5. The van der Waals surface area contributed by atoms with Crippen LogP contribution in [-0.2, 0) is 4.79 Å². The minimum Gasteiger partial charge on any atom is -0.480 e. The number of aromatic nitrogens is 1. The molecule has 16 heavy (non-hydrogen) atoms. The summed E-state index contributed by atoms with van der Waals surface area (Å²) in [6, 6.07) is 0. The first kappa shape index (κ1) is 11.4. The van der Waals surface area contributed by atoms with E-state index >= 15 is 0 Å². The SMILES string of the molecule is O=C(O)C1(Nc2nccs2)CCCCCC1. The van der Waals surface area contributed by atoms with E-state index in [9.17, 15) is 9.90 Å². The molecule has 0 bridgehead atoms. The smallest absolute Gasteiger partial charge is 0.329 e. The van der Waals surface area contributed by atoms with Gasteiger partial charge in [-0.2, -0.15) is 0 Å². The Balaban J connectivity index is 2.17. The molecule has 0 unspecified atom stereocenters. The lowest BCUT2D eigenvalue weighted by Gasteiger charge is -2.28. The van der Waals surface area contributed by atoms with Gasteiger partial charge in [0.05, 0.1) is 0 Å². The van der Waals surface area contributed by atoms with Crippen molar-refractivity contribution in [1.29, 1.82) is 0 Å². The number of carboxylic acid groups (broad SMARTS) is 1. The third kappa shape index (κ3) is 2.35. The van der Waals surface area contributed by atoms with Crippen LogP contribution in [0.1, 0.15) is 38.5 Å². The van der Waals surface area contributed by atoms with Gasteiger partial charge in [0.25, 0.3) is 0 Å². The molecule has 1 aromatic heterocycles. The molecule has 5 heteroatoms. The van der Waals surface area contributed by atoms with Crippen LogP contribution in [0, 0.1) is 0 Å². The van der Waals surface area contributed by atoms with Gasteiger partial charge in [-0.3, -0.25) is 0 Å². The molecule has 1 heterocycles. The Morgan fingerprint density at radius 2 is 2.06 bits per heavy atom. The van der Waals surface area contributed by atoms with Gasteiger partial charge in [0.1, 0.15) is 5.54 Å². The van der Waals surface area contributed by atoms with Crippen LogP contribution >= 0.6 is 11.3 Å². The fourth-order valence-corrected chi connectivity index (χ4v) is 2.84. The molecular formula is C11H16N2O2S. The first-order valence-corrected chi connectivity index (χ1v) is 6.52. The van der Waals surface area contributed by atoms with Crippen molar-refractivity contribution in [3.05, 3.63) is 11.6 Å². The number of carbonyl (C=O) groups is 1. The predicted octanol–water partition coefficient (Wildman–Crippen LogP) is 2.73. The second-order valence-corrected chi connectivity index (χ2v) is 5.16. The fourth-order valence-electron chi connectivity index (χ4n) is 2.21. The zero-order valence-electron chi connectivity index (χ0n) is 9.11. The number of rotatable bonds is 3. The van der Waals surface area contributed by atoms with E-state index in [2.05, 4.69) is 10.3 Å². The standard InChI is InChI=1S/C11H16N2O2S/c14-9(15)11(5-3-1-2-4-6-11)13-10-12-7-8-16-10/h7-8H,1-6H2,(H,12,13)(H,14,15). The van der Waals surface area contributed by atoms with Crippen molar-refractivity contribution in [2.24, 2.45) is 0 Å². The van der Waals surface area contributed by atoms with Gasteiger partial charge in [-0.15, -0.1) is 11.3 Å². The molecule has 4 nitrogen and oxygen atoms in total. The number of thiazole rings is 1. The van der Waals surface area contributed by atoms with E-state index in [1.54, 1.807) is 6.20 Å². The fraction of sp³-hybridized carbons (Fsp3) is 0.636. The Labute approximate surface area is 98.7 Å². The first-order valence-electron chi connectivity index (χ1n) is 5.64. The van der Waals surface area contributed by atoms with E-state index in [-0.39, 0.29) is 0 Å². The highest BCUT2D eigenvalue weighted by Gasteiger charge is 2.39. The summed E-state index contributed by atoms with van der Waals surface area (Å²) in [5, 5.41) is 15.1. The van der Waals surface area contributed by atoms with Gasteiger partial charge in [-0.1, -0.05) is 25.7 Å². The van der Waals surface area contributed by atoms with Gasteiger partial charge < -0.3 is 10.4 Å². The van der Waals surface area contributed by atoms with Crippen molar-refractivity contribution < 1.29 is 9.90 Å². The second kappa shape index (κ2) is 4.82. The Bertz CT molecular complexity index is 343. The number of carboxylic acids is 1. The minimum atomic E-state index is -0.797. The Kier molecular flexibility index (Phi) is 3.43. The van der Waals surface area contributed by atoms with E-state index in [1.165, 1.54) is 11.3 Å². The summed E-state index contributed by atoms with van der Waals surface area (Å²) in [5.74, 6) is -0.746. The normalized spacial score (nSPS) is 20.0. The molecular weight excluding hydrogens is 224 g/mol. The third-order valence-electron chi connectivity index (χ3n) is 3.15. The Hall–Kier alpha value is -1.10. The third-order valence-corrected chi connectivity index (χ3v) is 3.83. The maximum absolute atomic E-state index is 11.5. The summed E-state index contributed by atoms with van der Waals surface area (Å²) in [7, 11) is 0. The highest BCUT2D eigenvalue weighted by Crippen LogP contribution is 2.31. The topological polar surface area (TPSA) is 62.2 Å². The number of hydrogen-bond donors (Lipinski definition) is 2. The van der Waals surface area contributed by atoms with Gasteiger partial charge in [-0.05, 0) is 12.8 Å². The largest absolute Gasteiger partial charge is 0.480 e. The summed E-state index contributed by atoms with van der Waals surface area (Å²) in [4.78, 5) is 15.6. The number of nitrogens with zero attached hydrogens (tertiary/aromatic N) is 1. The van der Waals surface area contributed by atoms with Gasteiger partial charge in [-0.25, -0.2) is 9.78 Å². The molecule has 1 saturated carbocycles. The highest BCUT2D eigenvalue weighted by atomic mass is 32.1. The maximum Gasteiger partial charge on any atom is 0.329 e. The molecule has 1 aliphatic carbocycles. The molecule has 0 aliphatic heterocycles. The van der Waals surface area contributed by atoms with E-state index in [0.29, 0.717) is 18.0 Å². The molecule has 2 N–H and O–H groups in total. The monoisotopic (exact) mass is 240 g/mol. The summed E-state index contributed by atoms with van der Waals surface area (Å²) in [5.41, 5.74) is -0.797. The first-order chi connectivity index (χ1) is 7.73. The molecule has 1 aromatic rings. The van der Waals surface area contributed by atoms with Crippen LogP contribution in [0.5, 0.6) is 0 Å². The summed E-state index contributed by atoms with van der Waals surface area (Å²) >= 11 is 1.45. The zero-order chi connectivity index (χ0) is 11.4.